The van der Waals surface area contributed by atoms with Crippen LogP contribution in [0.3, 0.4) is 0 Å². The van der Waals surface area contributed by atoms with Gasteiger partial charge in [0.1, 0.15) is 0 Å². The first-order valence-corrected chi connectivity index (χ1v) is 4.52. The van der Waals surface area contributed by atoms with Crippen LogP contribution < -0.4 is 11.1 Å². The van der Waals surface area contributed by atoms with E-state index in [9.17, 15) is 4.79 Å². The Hall–Kier alpha value is -1.36. The minimum absolute atomic E-state index is 0.0736. The van der Waals surface area contributed by atoms with Gasteiger partial charge in [0, 0.05) is 20.6 Å². The second-order valence-corrected chi connectivity index (χ2v) is 3.24. The summed E-state index contributed by atoms with van der Waals surface area (Å²) in [6.45, 7) is 2.18. The van der Waals surface area contributed by atoms with Crippen molar-refractivity contribution in [1.29, 1.82) is 0 Å². The minimum atomic E-state index is -0.314. The van der Waals surface area contributed by atoms with Gasteiger partial charge in [0.15, 0.2) is 0 Å². The van der Waals surface area contributed by atoms with Gasteiger partial charge in [-0.1, -0.05) is 0 Å². The lowest BCUT2D eigenvalue weighted by atomic mass is 10.0. The molecule has 0 spiro atoms. The van der Waals surface area contributed by atoms with Crippen LogP contribution in [0, 0.1) is 6.92 Å². The number of nitrogens with two attached hydrogens (primary N) is 1. The molecule has 0 fully saturated rings. The van der Waals surface area contributed by atoms with E-state index in [0.717, 1.165) is 11.4 Å². The van der Waals surface area contributed by atoms with E-state index in [0.29, 0.717) is 6.54 Å². The van der Waals surface area contributed by atoms with E-state index in [1.807, 2.05) is 20.0 Å². The summed E-state index contributed by atoms with van der Waals surface area (Å²) in [6.07, 6.45) is 0. The highest BCUT2D eigenvalue weighted by molar-refractivity contribution is 5.83. The van der Waals surface area contributed by atoms with Gasteiger partial charge in [-0.3, -0.25) is 9.48 Å². The summed E-state index contributed by atoms with van der Waals surface area (Å²) in [5.41, 5.74) is 7.30. The molecule has 0 aliphatic carbocycles. The molecule has 0 aliphatic rings. The van der Waals surface area contributed by atoms with Crippen LogP contribution in [0.1, 0.15) is 17.3 Å². The van der Waals surface area contributed by atoms with E-state index >= 15 is 0 Å². The molecule has 78 valence electrons. The fourth-order valence-electron chi connectivity index (χ4n) is 1.49. The first-order chi connectivity index (χ1) is 6.60. The van der Waals surface area contributed by atoms with E-state index < -0.39 is 0 Å². The third-order valence-corrected chi connectivity index (χ3v) is 2.19. The van der Waals surface area contributed by atoms with Crippen LogP contribution in [0.5, 0.6) is 0 Å². The van der Waals surface area contributed by atoms with E-state index in [4.69, 9.17) is 5.73 Å². The largest absolute Gasteiger partial charge is 0.359 e. The molecule has 1 rings (SSSR count). The van der Waals surface area contributed by atoms with Gasteiger partial charge >= 0.3 is 0 Å². The summed E-state index contributed by atoms with van der Waals surface area (Å²) in [4.78, 5) is 11.5. The summed E-state index contributed by atoms with van der Waals surface area (Å²) in [7, 11) is 3.42. The molecule has 0 radical (unpaired) electrons. The van der Waals surface area contributed by atoms with Gasteiger partial charge in [-0.25, -0.2) is 0 Å². The Bertz CT molecular complexity index is 332. The lowest BCUT2D eigenvalue weighted by Crippen LogP contribution is -2.32. The molecule has 1 amide bonds. The smallest absolute Gasteiger partial charge is 0.230 e. The Morgan fingerprint density at radius 3 is 2.79 bits per heavy atom. The maximum absolute atomic E-state index is 11.5. The zero-order valence-corrected chi connectivity index (χ0v) is 8.74. The van der Waals surface area contributed by atoms with E-state index in [1.54, 1.807) is 11.7 Å². The molecule has 1 atom stereocenters. The van der Waals surface area contributed by atoms with E-state index in [1.165, 1.54) is 0 Å². The Kier molecular flexibility index (Phi) is 3.24. The molecular formula is C9H16N4O. The number of likely N-dealkylation sites (N-methyl/N-ethyl adjacent to an activating group) is 1. The molecule has 3 N–H and O–H groups in total. The molecule has 1 aromatic rings. The average molecular weight is 196 g/mol. The molecule has 5 nitrogen and oxygen atoms in total. The third-order valence-electron chi connectivity index (χ3n) is 2.19. The molecule has 5 heteroatoms. The van der Waals surface area contributed by atoms with Crippen molar-refractivity contribution >= 4 is 5.91 Å². The van der Waals surface area contributed by atoms with Crippen molar-refractivity contribution in [2.24, 2.45) is 12.8 Å². The zero-order chi connectivity index (χ0) is 10.7. The Labute approximate surface area is 83.3 Å². The van der Waals surface area contributed by atoms with Crippen molar-refractivity contribution in [2.45, 2.75) is 12.8 Å². The van der Waals surface area contributed by atoms with Crippen LogP contribution in [0.25, 0.3) is 0 Å². The fraction of sp³-hybridized carbons (Fsp3) is 0.556. The first kappa shape index (κ1) is 10.7. The number of hydrogen-bond donors (Lipinski definition) is 2. The van der Waals surface area contributed by atoms with Gasteiger partial charge in [-0.2, -0.15) is 5.10 Å². The molecule has 1 aromatic heterocycles. The van der Waals surface area contributed by atoms with Crippen LogP contribution in [0.4, 0.5) is 0 Å². The molecule has 0 aromatic carbocycles. The number of carbonyl (C=O) groups is 1. The van der Waals surface area contributed by atoms with Crippen molar-refractivity contribution in [1.82, 2.24) is 15.1 Å². The van der Waals surface area contributed by atoms with Gasteiger partial charge in [0.05, 0.1) is 17.3 Å². The van der Waals surface area contributed by atoms with Gasteiger partial charge in [-0.15, -0.1) is 0 Å². The Balaban J connectivity index is 3.00. The van der Waals surface area contributed by atoms with Gasteiger partial charge in [0.2, 0.25) is 5.91 Å². The maximum Gasteiger partial charge on any atom is 0.230 e. The second kappa shape index (κ2) is 4.23. The topological polar surface area (TPSA) is 72.9 Å². The number of hydrogen-bond acceptors (Lipinski definition) is 3. The number of rotatable bonds is 3. The number of nitrogens with zero attached hydrogens (tertiary/aromatic N) is 2. The van der Waals surface area contributed by atoms with Crippen LogP contribution in [-0.2, 0) is 11.8 Å². The molecule has 0 unspecified atom stereocenters. The summed E-state index contributed by atoms with van der Waals surface area (Å²) in [6, 6.07) is 1.88. The van der Waals surface area contributed by atoms with Gasteiger partial charge in [0.25, 0.3) is 0 Å². The van der Waals surface area contributed by atoms with Gasteiger partial charge < -0.3 is 11.1 Å². The standard InChI is InChI=1S/C9H16N4O/c1-6-4-8(13(3)12-6)7(5-10)9(14)11-2/h4,7H,5,10H2,1-3H3,(H,11,14)/t7-/m1/s1. The first-order valence-electron chi connectivity index (χ1n) is 4.52. The van der Waals surface area contributed by atoms with Gasteiger partial charge in [-0.05, 0) is 13.0 Å². The van der Waals surface area contributed by atoms with E-state index in [-0.39, 0.29) is 11.8 Å². The number of nitrogens with one attached hydrogen (secondary N) is 1. The minimum Gasteiger partial charge on any atom is -0.359 e. The highest BCUT2D eigenvalue weighted by Crippen LogP contribution is 2.14. The molecule has 0 aliphatic heterocycles. The molecule has 1 heterocycles. The number of amides is 1. The van der Waals surface area contributed by atoms with Crippen LogP contribution in [-0.4, -0.2) is 29.3 Å². The normalized spacial score (nSPS) is 12.6. The number of aryl methyl sites for hydroxylation is 2. The predicted molar refractivity (Wildman–Crippen MR) is 53.8 cm³/mol. The molecular weight excluding hydrogens is 180 g/mol. The molecule has 0 saturated carbocycles. The van der Waals surface area contributed by atoms with Crippen LogP contribution in [0.15, 0.2) is 6.07 Å². The second-order valence-electron chi connectivity index (χ2n) is 3.24. The summed E-state index contributed by atoms with van der Waals surface area (Å²) in [5.74, 6) is -0.387. The van der Waals surface area contributed by atoms with Crippen molar-refractivity contribution < 1.29 is 4.79 Å². The lowest BCUT2D eigenvalue weighted by molar-refractivity contribution is -0.122. The van der Waals surface area contributed by atoms with Crippen LogP contribution in [0.2, 0.25) is 0 Å². The quantitative estimate of drug-likeness (QED) is 0.685. The Morgan fingerprint density at radius 1 is 1.79 bits per heavy atom. The van der Waals surface area contributed by atoms with E-state index in [2.05, 4.69) is 10.4 Å². The SMILES string of the molecule is CNC(=O)[C@H](CN)c1cc(C)nn1C. The number of aromatic nitrogens is 2. The summed E-state index contributed by atoms with van der Waals surface area (Å²) in [5, 5.41) is 6.77. The molecule has 0 bridgehead atoms. The van der Waals surface area contributed by atoms with Crippen LogP contribution >= 0.6 is 0 Å². The predicted octanol–water partition coefficient (Wildman–Crippen LogP) is -0.483. The fourth-order valence-corrected chi connectivity index (χ4v) is 1.49. The Morgan fingerprint density at radius 2 is 2.43 bits per heavy atom. The lowest BCUT2D eigenvalue weighted by Gasteiger charge is -2.12. The summed E-state index contributed by atoms with van der Waals surface area (Å²) >= 11 is 0. The zero-order valence-electron chi connectivity index (χ0n) is 8.74. The highest BCUT2D eigenvalue weighted by Gasteiger charge is 2.21. The van der Waals surface area contributed by atoms with Crippen molar-refractivity contribution in [3.8, 4) is 0 Å². The molecule has 14 heavy (non-hydrogen) atoms. The highest BCUT2D eigenvalue weighted by atomic mass is 16.1. The van der Waals surface area contributed by atoms with Crippen molar-refractivity contribution in [2.75, 3.05) is 13.6 Å². The summed E-state index contributed by atoms with van der Waals surface area (Å²) < 4.78 is 1.70. The average Bonchev–Trinajstić information content (AvgIpc) is 2.47. The third kappa shape index (κ3) is 1.93. The molecule has 0 saturated heterocycles. The van der Waals surface area contributed by atoms with Crippen molar-refractivity contribution in [3.05, 3.63) is 17.5 Å². The van der Waals surface area contributed by atoms with Crippen molar-refractivity contribution in [3.63, 3.8) is 0 Å². The maximum atomic E-state index is 11.5. The number of carbonyl (C=O) groups excluding carboxylic acids is 1. The monoisotopic (exact) mass is 196 g/mol.